The third kappa shape index (κ3) is 4.59. The maximum atomic E-state index is 12.2. The van der Waals surface area contributed by atoms with Crippen LogP contribution in [0.4, 0.5) is 5.69 Å². The molecule has 1 aromatic heterocycles. The van der Waals surface area contributed by atoms with Gasteiger partial charge in [-0.05, 0) is 63.0 Å². The fourth-order valence-electron chi connectivity index (χ4n) is 3.53. The van der Waals surface area contributed by atoms with Crippen molar-refractivity contribution < 1.29 is 4.79 Å². The van der Waals surface area contributed by atoms with Gasteiger partial charge in [-0.25, -0.2) is 4.98 Å². The lowest BCUT2D eigenvalue weighted by Crippen LogP contribution is -2.33. The molecule has 0 saturated carbocycles. The number of aromatic nitrogens is 1. The van der Waals surface area contributed by atoms with Gasteiger partial charge in [0.05, 0.1) is 11.9 Å². The first-order valence-electron chi connectivity index (χ1n) is 9.39. The fourth-order valence-corrected chi connectivity index (χ4v) is 3.53. The van der Waals surface area contributed by atoms with Gasteiger partial charge in [0.2, 0.25) is 0 Å². The second kappa shape index (κ2) is 8.32. The number of nitrogens with one attached hydrogen (secondary N) is 1. The van der Waals surface area contributed by atoms with Crippen LogP contribution >= 0.6 is 0 Å². The normalized spacial score (nSPS) is 19.0. The van der Waals surface area contributed by atoms with Gasteiger partial charge in [0, 0.05) is 19.6 Å². The van der Waals surface area contributed by atoms with Crippen LogP contribution in [-0.4, -0.2) is 30.5 Å². The van der Waals surface area contributed by atoms with Crippen molar-refractivity contribution in [2.45, 2.75) is 51.9 Å². The van der Waals surface area contributed by atoms with Crippen LogP contribution < -0.4 is 10.2 Å². The Labute approximate surface area is 145 Å². The SMILES string of the molecule is CC1CCN(c2ccc(C(=O)NCCC3=CCCCC3)nc2)CC1. The maximum Gasteiger partial charge on any atom is 0.269 e. The molecule has 0 bridgehead atoms. The van der Waals surface area contributed by atoms with Gasteiger partial charge in [0.25, 0.3) is 5.91 Å². The molecule has 0 spiro atoms. The van der Waals surface area contributed by atoms with Crippen LogP contribution in [0.25, 0.3) is 0 Å². The molecule has 1 aromatic rings. The molecular formula is C20H29N3O. The number of pyridine rings is 1. The van der Waals surface area contributed by atoms with Crippen molar-refractivity contribution >= 4 is 11.6 Å². The highest BCUT2D eigenvalue weighted by atomic mass is 16.1. The van der Waals surface area contributed by atoms with E-state index in [1.807, 2.05) is 18.3 Å². The Kier molecular flexibility index (Phi) is 5.89. The molecule has 0 aromatic carbocycles. The lowest BCUT2D eigenvalue weighted by molar-refractivity contribution is 0.0949. The molecule has 24 heavy (non-hydrogen) atoms. The number of allylic oxidation sites excluding steroid dienone is 1. The molecule has 2 heterocycles. The van der Waals surface area contributed by atoms with E-state index in [1.165, 1.54) is 44.1 Å². The number of rotatable bonds is 5. The number of piperidine rings is 1. The average molecular weight is 327 g/mol. The van der Waals surface area contributed by atoms with Gasteiger partial charge in [-0.15, -0.1) is 0 Å². The van der Waals surface area contributed by atoms with Crippen molar-refractivity contribution in [2.75, 3.05) is 24.5 Å². The summed E-state index contributed by atoms with van der Waals surface area (Å²) >= 11 is 0. The van der Waals surface area contributed by atoms with E-state index in [-0.39, 0.29) is 5.91 Å². The minimum Gasteiger partial charge on any atom is -0.370 e. The van der Waals surface area contributed by atoms with Crippen LogP contribution in [0.15, 0.2) is 30.0 Å². The molecule has 4 nitrogen and oxygen atoms in total. The molecule has 130 valence electrons. The molecule has 0 radical (unpaired) electrons. The van der Waals surface area contributed by atoms with Gasteiger partial charge in [0.15, 0.2) is 0 Å². The standard InChI is InChI=1S/C20H29N3O/c1-16-10-13-23(14-11-16)18-7-8-19(22-15-18)20(24)21-12-9-17-5-3-2-4-6-17/h5,7-8,15-16H,2-4,6,9-14H2,1H3,(H,21,24). The van der Waals surface area contributed by atoms with E-state index >= 15 is 0 Å². The molecular weight excluding hydrogens is 298 g/mol. The van der Waals surface area contributed by atoms with Crippen LogP contribution in [-0.2, 0) is 0 Å². The predicted octanol–water partition coefficient (Wildman–Crippen LogP) is 3.94. The van der Waals surface area contributed by atoms with Crippen LogP contribution in [0.3, 0.4) is 0 Å². The van der Waals surface area contributed by atoms with Crippen molar-refractivity contribution in [1.82, 2.24) is 10.3 Å². The molecule has 1 amide bonds. The number of amides is 1. The van der Waals surface area contributed by atoms with Gasteiger partial charge in [-0.3, -0.25) is 4.79 Å². The minimum atomic E-state index is -0.0646. The number of anilines is 1. The predicted molar refractivity (Wildman–Crippen MR) is 98.3 cm³/mol. The van der Waals surface area contributed by atoms with Crippen molar-refractivity contribution in [2.24, 2.45) is 5.92 Å². The van der Waals surface area contributed by atoms with E-state index < -0.39 is 0 Å². The van der Waals surface area contributed by atoms with E-state index in [2.05, 4.69) is 28.2 Å². The molecule has 1 N–H and O–H groups in total. The topological polar surface area (TPSA) is 45.2 Å². The van der Waals surface area contributed by atoms with Crippen molar-refractivity contribution in [3.63, 3.8) is 0 Å². The van der Waals surface area contributed by atoms with E-state index in [4.69, 9.17) is 0 Å². The van der Waals surface area contributed by atoms with Crippen LogP contribution in [0, 0.1) is 5.92 Å². The van der Waals surface area contributed by atoms with Gasteiger partial charge in [-0.1, -0.05) is 18.6 Å². The summed E-state index contributed by atoms with van der Waals surface area (Å²) in [6.45, 7) is 5.19. The molecule has 3 rings (SSSR count). The second-order valence-corrected chi connectivity index (χ2v) is 7.19. The second-order valence-electron chi connectivity index (χ2n) is 7.19. The summed E-state index contributed by atoms with van der Waals surface area (Å²) in [6, 6.07) is 3.88. The Hall–Kier alpha value is -1.84. The van der Waals surface area contributed by atoms with E-state index in [0.717, 1.165) is 31.1 Å². The van der Waals surface area contributed by atoms with Crippen LogP contribution in [0.5, 0.6) is 0 Å². The lowest BCUT2D eigenvalue weighted by Gasteiger charge is -2.31. The third-order valence-electron chi connectivity index (χ3n) is 5.25. The smallest absolute Gasteiger partial charge is 0.269 e. The summed E-state index contributed by atoms with van der Waals surface area (Å²) in [4.78, 5) is 18.9. The lowest BCUT2D eigenvalue weighted by atomic mass is 9.97. The highest BCUT2D eigenvalue weighted by Gasteiger charge is 2.16. The Balaban J connectivity index is 1.47. The average Bonchev–Trinajstić information content (AvgIpc) is 2.63. The number of carbonyl (C=O) groups excluding carboxylic acids is 1. The third-order valence-corrected chi connectivity index (χ3v) is 5.25. The van der Waals surface area contributed by atoms with Gasteiger partial charge >= 0.3 is 0 Å². The van der Waals surface area contributed by atoms with E-state index in [0.29, 0.717) is 12.2 Å². The minimum absolute atomic E-state index is 0.0646. The van der Waals surface area contributed by atoms with Crippen LogP contribution in [0.2, 0.25) is 0 Å². The number of carbonyl (C=O) groups is 1. The quantitative estimate of drug-likeness (QED) is 0.833. The molecule has 1 fully saturated rings. The highest BCUT2D eigenvalue weighted by Crippen LogP contribution is 2.22. The Morgan fingerprint density at radius 1 is 1.29 bits per heavy atom. The van der Waals surface area contributed by atoms with Crippen LogP contribution in [0.1, 0.15) is 62.4 Å². The molecule has 4 heteroatoms. The van der Waals surface area contributed by atoms with Gasteiger partial charge in [0.1, 0.15) is 5.69 Å². The molecule has 1 aliphatic carbocycles. The first-order chi connectivity index (χ1) is 11.7. The van der Waals surface area contributed by atoms with E-state index in [1.54, 1.807) is 0 Å². The van der Waals surface area contributed by atoms with E-state index in [9.17, 15) is 4.79 Å². The zero-order valence-corrected chi connectivity index (χ0v) is 14.8. The number of hydrogen-bond acceptors (Lipinski definition) is 3. The molecule has 2 aliphatic rings. The summed E-state index contributed by atoms with van der Waals surface area (Å²) < 4.78 is 0. The zero-order chi connectivity index (χ0) is 16.8. The monoisotopic (exact) mass is 327 g/mol. The summed E-state index contributed by atoms with van der Waals surface area (Å²) in [6.07, 6.45) is 12.6. The van der Waals surface area contributed by atoms with Gasteiger partial charge in [-0.2, -0.15) is 0 Å². The summed E-state index contributed by atoms with van der Waals surface area (Å²) in [7, 11) is 0. The first kappa shape index (κ1) is 17.0. The molecule has 1 saturated heterocycles. The van der Waals surface area contributed by atoms with Gasteiger partial charge < -0.3 is 10.2 Å². The largest absolute Gasteiger partial charge is 0.370 e. The molecule has 0 unspecified atom stereocenters. The van der Waals surface area contributed by atoms with Crippen molar-refractivity contribution in [3.8, 4) is 0 Å². The zero-order valence-electron chi connectivity index (χ0n) is 14.8. The Bertz CT molecular complexity index is 571. The van der Waals surface area contributed by atoms with Crippen molar-refractivity contribution in [3.05, 3.63) is 35.7 Å². The molecule has 0 atom stereocenters. The Morgan fingerprint density at radius 2 is 2.12 bits per heavy atom. The summed E-state index contributed by atoms with van der Waals surface area (Å²) in [5, 5.41) is 3.00. The fraction of sp³-hybridized carbons (Fsp3) is 0.600. The summed E-state index contributed by atoms with van der Waals surface area (Å²) in [5.41, 5.74) is 3.14. The first-order valence-corrected chi connectivity index (χ1v) is 9.39. The number of nitrogens with zero attached hydrogens (tertiary/aromatic N) is 2. The van der Waals surface area contributed by atoms with Crippen molar-refractivity contribution in [1.29, 1.82) is 0 Å². The Morgan fingerprint density at radius 3 is 2.79 bits per heavy atom. The maximum absolute atomic E-state index is 12.2. The summed E-state index contributed by atoms with van der Waals surface area (Å²) in [5.74, 6) is 0.753. The molecule has 1 aliphatic heterocycles. The highest BCUT2D eigenvalue weighted by molar-refractivity contribution is 5.92. The number of hydrogen-bond donors (Lipinski definition) is 1.